The third-order valence-electron chi connectivity index (χ3n) is 1.38. The van der Waals surface area contributed by atoms with E-state index >= 15 is 0 Å². The number of ether oxygens (including phenoxy) is 1. The number of rotatable bonds is 1. The van der Waals surface area contributed by atoms with Gasteiger partial charge in [0.15, 0.2) is 5.75 Å². The maximum Gasteiger partial charge on any atom is 0.573 e. The summed E-state index contributed by atoms with van der Waals surface area (Å²) in [7, 11) is 0. The average molecular weight is 191 g/mol. The van der Waals surface area contributed by atoms with Crippen LogP contribution in [0.4, 0.5) is 13.2 Å². The molecule has 0 aliphatic carbocycles. The maximum absolute atomic E-state index is 11.7. The monoisotopic (exact) mass is 191 g/mol. The van der Waals surface area contributed by atoms with Crippen LogP contribution in [0.5, 0.6) is 11.5 Å². The van der Waals surface area contributed by atoms with Crippen molar-refractivity contribution >= 4 is 0 Å². The van der Waals surface area contributed by atoms with Gasteiger partial charge >= 0.3 is 6.36 Å². The van der Waals surface area contributed by atoms with E-state index in [2.05, 4.69) is 4.74 Å². The standard InChI is InChI=1S/C8H6F3O2/c1-5-4-6(2-3-7(5)12)13-8(9,10)11/h2-4H,1H3. The molecule has 0 aromatic heterocycles. The lowest BCUT2D eigenvalue weighted by Crippen LogP contribution is -2.17. The fourth-order valence-electron chi connectivity index (χ4n) is 0.819. The summed E-state index contributed by atoms with van der Waals surface area (Å²) < 4.78 is 38.6. The maximum atomic E-state index is 11.7. The van der Waals surface area contributed by atoms with Crippen LogP contribution in [0.15, 0.2) is 18.2 Å². The summed E-state index contributed by atoms with van der Waals surface area (Å²) in [6.45, 7) is 1.42. The first-order valence-corrected chi connectivity index (χ1v) is 3.42. The van der Waals surface area contributed by atoms with Crippen molar-refractivity contribution in [1.29, 1.82) is 0 Å². The normalized spacial score (nSPS) is 11.4. The van der Waals surface area contributed by atoms with Gasteiger partial charge < -0.3 is 4.74 Å². The molecule has 2 nitrogen and oxygen atoms in total. The number of aryl methyl sites for hydroxylation is 1. The Morgan fingerprint density at radius 1 is 1.31 bits per heavy atom. The van der Waals surface area contributed by atoms with Gasteiger partial charge in [0.25, 0.3) is 0 Å². The molecule has 1 rings (SSSR count). The predicted octanol–water partition coefficient (Wildman–Crippen LogP) is 3.04. The summed E-state index contributed by atoms with van der Waals surface area (Å²) in [5, 5.41) is 10.8. The highest BCUT2D eigenvalue weighted by Gasteiger charge is 2.31. The Hall–Kier alpha value is -1.39. The van der Waals surface area contributed by atoms with E-state index in [1.165, 1.54) is 6.92 Å². The topological polar surface area (TPSA) is 29.1 Å². The Balaban J connectivity index is 2.86. The Morgan fingerprint density at radius 2 is 1.92 bits per heavy atom. The minimum absolute atomic E-state index is 0.224. The van der Waals surface area contributed by atoms with Gasteiger partial charge in [0.05, 0.1) is 0 Å². The lowest BCUT2D eigenvalue weighted by atomic mass is 10.2. The van der Waals surface area contributed by atoms with Crippen LogP contribution in [0.3, 0.4) is 0 Å². The van der Waals surface area contributed by atoms with E-state index in [0.717, 1.165) is 18.2 Å². The first-order chi connectivity index (χ1) is 5.88. The van der Waals surface area contributed by atoms with Gasteiger partial charge in [-0.25, -0.2) is 0 Å². The molecule has 0 heterocycles. The highest BCUT2D eigenvalue weighted by molar-refractivity contribution is 5.38. The minimum atomic E-state index is -4.71. The van der Waals surface area contributed by atoms with E-state index in [4.69, 9.17) is 0 Å². The Bertz CT molecular complexity index is 307. The summed E-state index contributed by atoms with van der Waals surface area (Å²) in [5.41, 5.74) is 0.224. The van der Waals surface area contributed by atoms with Crippen molar-refractivity contribution in [1.82, 2.24) is 0 Å². The second-order valence-corrected chi connectivity index (χ2v) is 2.48. The van der Waals surface area contributed by atoms with Crippen molar-refractivity contribution in [3.8, 4) is 11.5 Å². The smallest absolute Gasteiger partial charge is 0.406 e. The summed E-state index contributed by atoms with van der Waals surface area (Å²) >= 11 is 0. The zero-order valence-electron chi connectivity index (χ0n) is 6.68. The third-order valence-corrected chi connectivity index (χ3v) is 1.38. The van der Waals surface area contributed by atoms with E-state index in [0.29, 0.717) is 0 Å². The van der Waals surface area contributed by atoms with Gasteiger partial charge in [0.2, 0.25) is 0 Å². The van der Waals surface area contributed by atoms with Crippen LogP contribution in [0.1, 0.15) is 5.56 Å². The molecule has 0 saturated heterocycles. The SMILES string of the molecule is Cc1cc(OC(F)(F)F)ccc1[O]. The summed E-state index contributed by atoms with van der Waals surface area (Å²) in [6.07, 6.45) is -4.71. The van der Waals surface area contributed by atoms with Crippen LogP contribution in [0.25, 0.3) is 0 Å². The second kappa shape index (κ2) is 3.16. The Morgan fingerprint density at radius 3 is 2.38 bits per heavy atom. The zero-order chi connectivity index (χ0) is 10.1. The van der Waals surface area contributed by atoms with E-state index in [9.17, 15) is 18.3 Å². The highest BCUT2D eigenvalue weighted by atomic mass is 19.4. The van der Waals surface area contributed by atoms with Crippen molar-refractivity contribution in [3.05, 3.63) is 23.8 Å². The van der Waals surface area contributed by atoms with Crippen molar-refractivity contribution in [2.75, 3.05) is 0 Å². The zero-order valence-corrected chi connectivity index (χ0v) is 6.68. The summed E-state index contributed by atoms with van der Waals surface area (Å²) in [5.74, 6) is -0.681. The molecule has 0 bridgehead atoms. The van der Waals surface area contributed by atoms with Crippen LogP contribution in [0, 0.1) is 6.92 Å². The van der Waals surface area contributed by atoms with Crippen LogP contribution in [-0.2, 0) is 5.11 Å². The van der Waals surface area contributed by atoms with Crippen molar-refractivity contribution in [3.63, 3.8) is 0 Å². The van der Waals surface area contributed by atoms with Gasteiger partial charge in [-0.05, 0) is 25.1 Å². The van der Waals surface area contributed by atoms with Crippen molar-refractivity contribution < 1.29 is 23.0 Å². The fourth-order valence-corrected chi connectivity index (χ4v) is 0.819. The molecular formula is C8H6F3O2. The molecule has 0 N–H and O–H groups in total. The number of hydrogen-bond acceptors (Lipinski definition) is 1. The average Bonchev–Trinajstić information content (AvgIpc) is 1.94. The molecule has 0 unspecified atom stereocenters. The molecule has 0 saturated carbocycles. The predicted molar refractivity (Wildman–Crippen MR) is 38.0 cm³/mol. The molecule has 1 radical (unpaired) electrons. The Kier molecular flexibility index (Phi) is 2.36. The number of hydrogen-bond donors (Lipinski definition) is 0. The molecule has 0 spiro atoms. The molecule has 0 fully saturated rings. The summed E-state index contributed by atoms with van der Waals surface area (Å²) in [6, 6.07) is 3.08. The first kappa shape index (κ1) is 9.70. The molecule has 0 aliphatic heterocycles. The molecule has 5 heteroatoms. The van der Waals surface area contributed by atoms with Crippen LogP contribution in [0.2, 0.25) is 0 Å². The van der Waals surface area contributed by atoms with Crippen LogP contribution in [-0.4, -0.2) is 6.36 Å². The fraction of sp³-hybridized carbons (Fsp3) is 0.250. The van der Waals surface area contributed by atoms with Crippen LogP contribution < -0.4 is 4.74 Å². The van der Waals surface area contributed by atoms with Crippen LogP contribution >= 0.6 is 0 Å². The van der Waals surface area contributed by atoms with Gasteiger partial charge in [0.1, 0.15) is 5.75 Å². The second-order valence-electron chi connectivity index (χ2n) is 2.48. The third kappa shape index (κ3) is 2.85. The van der Waals surface area contributed by atoms with Crippen molar-refractivity contribution in [2.24, 2.45) is 0 Å². The number of alkyl halides is 3. The van der Waals surface area contributed by atoms with Gasteiger partial charge in [-0.2, -0.15) is 0 Å². The highest BCUT2D eigenvalue weighted by Crippen LogP contribution is 2.27. The Labute approximate surface area is 72.6 Å². The van der Waals surface area contributed by atoms with E-state index in [1.807, 2.05) is 0 Å². The van der Waals surface area contributed by atoms with E-state index in [1.54, 1.807) is 0 Å². The summed E-state index contributed by atoms with van der Waals surface area (Å²) in [4.78, 5) is 0. The van der Waals surface area contributed by atoms with E-state index < -0.39 is 6.36 Å². The number of halogens is 3. The molecule has 13 heavy (non-hydrogen) atoms. The molecule has 71 valence electrons. The molecule has 0 atom stereocenters. The molecule has 1 aromatic rings. The van der Waals surface area contributed by atoms with Gasteiger partial charge in [-0.15, -0.1) is 13.2 Å². The molecular weight excluding hydrogens is 185 g/mol. The minimum Gasteiger partial charge on any atom is -0.406 e. The largest absolute Gasteiger partial charge is 0.573 e. The lowest BCUT2D eigenvalue weighted by molar-refractivity contribution is -0.274. The van der Waals surface area contributed by atoms with E-state index in [-0.39, 0.29) is 17.1 Å². The van der Waals surface area contributed by atoms with Gasteiger partial charge in [-0.3, -0.25) is 5.11 Å². The van der Waals surface area contributed by atoms with Crippen molar-refractivity contribution in [2.45, 2.75) is 13.3 Å². The molecule has 1 aromatic carbocycles. The first-order valence-electron chi connectivity index (χ1n) is 3.42. The quantitative estimate of drug-likeness (QED) is 0.670. The molecule has 0 aliphatic rings. The van der Waals surface area contributed by atoms with Gasteiger partial charge in [0, 0.05) is 5.56 Å². The van der Waals surface area contributed by atoms with Gasteiger partial charge in [-0.1, -0.05) is 0 Å². The molecule has 0 amide bonds. The number of benzene rings is 1. The lowest BCUT2D eigenvalue weighted by Gasteiger charge is -2.08.